The number of nitrogens with two attached hydrogens (primary N) is 1. The van der Waals surface area contributed by atoms with E-state index in [1.165, 1.54) is 42.1 Å². The second-order valence-electron chi connectivity index (χ2n) is 5.45. The van der Waals surface area contributed by atoms with Crippen LogP contribution in [0.2, 0.25) is 5.02 Å². The molecule has 136 valence electrons. The van der Waals surface area contributed by atoms with E-state index in [1.807, 2.05) is 6.07 Å². The molecule has 0 saturated carbocycles. The van der Waals surface area contributed by atoms with Crippen molar-refractivity contribution in [2.45, 2.75) is 0 Å². The lowest BCUT2D eigenvalue weighted by molar-refractivity contribution is 0.0593. The highest BCUT2D eigenvalue weighted by atomic mass is 35.5. The van der Waals surface area contributed by atoms with Crippen LogP contribution in [0.3, 0.4) is 0 Å². The predicted octanol–water partition coefficient (Wildman–Crippen LogP) is 4.30. The van der Waals surface area contributed by atoms with Crippen LogP contribution in [0.15, 0.2) is 48.7 Å². The van der Waals surface area contributed by atoms with Gasteiger partial charge < -0.3 is 19.8 Å². The molecule has 0 amide bonds. The van der Waals surface area contributed by atoms with Gasteiger partial charge in [0.2, 0.25) is 0 Å². The molecule has 0 aliphatic heterocycles. The highest BCUT2D eigenvalue weighted by Crippen LogP contribution is 2.33. The molecule has 0 radical (unpaired) electrons. The standard InChI is InChI=1S/C19H13ClFN3O3/c1-26-19(25)18-17(23)11(9-22)10-24(18)13-5-6-16(15(20)8-13)27-14-4-2-3-12(21)7-14/h2-8,10H,23H2,1H3. The van der Waals surface area contributed by atoms with Gasteiger partial charge in [-0.25, -0.2) is 9.18 Å². The van der Waals surface area contributed by atoms with E-state index in [-0.39, 0.29) is 27.7 Å². The molecule has 0 unspecified atom stereocenters. The average Bonchev–Trinajstić information content (AvgIpc) is 2.99. The smallest absolute Gasteiger partial charge is 0.357 e. The molecule has 0 bridgehead atoms. The first kappa shape index (κ1) is 18.3. The molecule has 0 aliphatic rings. The molecule has 6 nitrogen and oxygen atoms in total. The molecule has 1 heterocycles. The first-order valence-electron chi connectivity index (χ1n) is 7.67. The Morgan fingerprint density at radius 1 is 1.30 bits per heavy atom. The third-order valence-corrected chi connectivity index (χ3v) is 4.06. The van der Waals surface area contributed by atoms with Crippen LogP contribution in [0.4, 0.5) is 10.1 Å². The highest BCUT2D eigenvalue weighted by Gasteiger charge is 2.22. The molecule has 0 atom stereocenters. The van der Waals surface area contributed by atoms with Crippen molar-refractivity contribution in [1.29, 1.82) is 5.26 Å². The summed E-state index contributed by atoms with van der Waals surface area (Å²) in [5.41, 5.74) is 6.51. The minimum atomic E-state index is -0.690. The zero-order chi connectivity index (χ0) is 19.6. The van der Waals surface area contributed by atoms with Gasteiger partial charge in [0.25, 0.3) is 0 Å². The van der Waals surface area contributed by atoms with Gasteiger partial charge in [-0.1, -0.05) is 17.7 Å². The number of hydrogen-bond donors (Lipinski definition) is 1. The second kappa shape index (κ2) is 7.40. The number of benzene rings is 2. The minimum absolute atomic E-state index is 0.0144. The number of hydrogen-bond acceptors (Lipinski definition) is 5. The van der Waals surface area contributed by atoms with Crippen molar-refractivity contribution in [3.63, 3.8) is 0 Å². The number of rotatable bonds is 4. The fourth-order valence-corrected chi connectivity index (χ4v) is 2.71. The van der Waals surface area contributed by atoms with Gasteiger partial charge in [-0.05, 0) is 30.3 Å². The maximum absolute atomic E-state index is 13.3. The molecule has 2 N–H and O–H groups in total. The van der Waals surface area contributed by atoms with Crippen molar-refractivity contribution in [2.24, 2.45) is 0 Å². The molecule has 1 aromatic heterocycles. The van der Waals surface area contributed by atoms with Crippen molar-refractivity contribution in [3.8, 4) is 23.3 Å². The summed E-state index contributed by atoms with van der Waals surface area (Å²) in [6, 6.07) is 12.3. The van der Waals surface area contributed by atoms with Gasteiger partial charge in [0, 0.05) is 18.0 Å². The van der Waals surface area contributed by atoms with Crippen molar-refractivity contribution < 1.29 is 18.7 Å². The van der Waals surface area contributed by atoms with Gasteiger partial charge >= 0.3 is 5.97 Å². The topological polar surface area (TPSA) is 90.3 Å². The fraction of sp³-hybridized carbons (Fsp3) is 0.0526. The number of aromatic nitrogens is 1. The SMILES string of the molecule is COC(=O)c1c(N)c(C#N)cn1-c1ccc(Oc2cccc(F)c2)c(Cl)c1. The lowest BCUT2D eigenvalue weighted by atomic mass is 10.2. The van der Waals surface area contributed by atoms with Gasteiger partial charge in [-0.2, -0.15) is 5.26 Å². The number of carbonyl (C=O) groups excluding carboxylic acids is 1. The number of anilines is 1. The Balaban J connectivity index is 2.01. The second-order valence-corrected chi connectivity index (χ2v) is 5.86. The Bertz CT molecular complexity index is 1070. The normalized spacial score (nSPS) is 10.3. The monoisotopic (exact) mass is 385 g/mol. The number of nitriles is 1. The maximum Gasteiger partial charge on any atom is 0.357 e. The summed E-state index contributed by atoms with van der Waals surface area (Å²) in [7, 11) is 1.22. The Kier molecular flexibility index (Phi) is 5.01. The van der Waals surface area contributed by atoms with Crippen LogP contribution < -0.4 is 10.5 Å². The predicted molar refractivity (Wildman–Crippen MR) is 97.7 cm³/mol. The molecular formula is C19H13ClFN3O3. The van der Waals surface area contributed by atoms with Gasteiger partial charge in [0.05, 0.1) is 23.4 Å². The van der Waals surface area contributed by atoms with E-state index in [0.29, 0.717) is 11.4 Å². The zero-order valence-corrected chi connectivity index (χ0v) is 14.8. The van der Waals surface area contributed by atoms with Gasteiger partial charge in [-0.15, -0.1) is 0 Å². The van der Waals surface area contributed by atoms with E-state index in [4.69, 9.17) is 26.8 Å². The first-order chi connectivity index (χ1) is 12.9. The largest absolute Gasteiger partial charge is 0.464 e. The Morgan fingerprint density at radius 3 is 2.70 bits per heavy atom. The molecule has 0 spiro atoms. The summed E-state index contributed by atoms with van der Waals surface area (Å²) in [6.07, 6.45) is 1.42. The molecule has 3 aromatic rings. The van der Waals surface area contributed by atoms with E-state index in [2.05, 4.69) is 0 Å². The Morgan fingerprint density at radius 2 is 2.07 bits per heavy atom. The van der Waals surface area contributed by atoms with Crippen LogP contribution in [-0.2, 0) is 4.74 Å². The number of halogens is 2. The Labute approximate surface area is 159 Å². The molecule has 8 heteroatoms. The summed E-state index contributed by atoms with van der Waals surface area (Å²) in [5, 5.41) is 9.39. The van der Waals surface area contributed by atoms with Crippen LogP contribution in [0.25, 0.3) is 5.69 Å². The van der Waals surface area contributed by atoms with Crippen molar-refractivity contribution in [2.75, 3.05) is 12.8 Å². The third-order valence-electron chi connectivity index (χ3n) is 3.76. The number of ether oxygens (including phenoxy) is 2. The van der Waals surface area contributed by atoms with Gasteiger partial charge in [-0.3, -0.25) is 0 Å². The van der Waals surface area contributed by atoms with Crippen molar-refractivity contribution in [3.05, 3.63) is 70.8 Å². The summed E-state index contributed by atoms with van der Waals surface area (Å²) >= 11 is 6.27. The zero-order valence-electron chi connectivity index (χ0n) is 14.1. The number of nitrogens with zero attached hydrogens (tertiary/aromatic N) is 2. The van der Waals surface area contributed by atoms with Crippen LogP contribution in [-0.4, -0.2) is 17.6 Å². The van der Waals surface area contributed by atoms with E-state index in [9.17, 15) is 14.4 Å². The van der Waals surface area contributed by atoms with E-state index in [1.54, 1.807) is 18.2 Å². The molecule has 0 saturated heterocycles. The summed E-state index contributed by atoms with van der Waals surface area (Å²) in [6.45, 7) is 0. The quantitative estimate of drug-likeness (QED) is 0.676. The van der Waals surface area contributed by atoms with Crippen molar-refractivity contribution >= 4 is 23.3 Å². The molecule has 0 fully saturated rings. The van der Waals surface area contributed by atoms with Crippen LogP contribution in [0.1, 0.15) is 16.1 Å². The van der Waals surface area contributed by atoms with E-state index >= 15 is 0 Å². The highest BCUT2D eigenvalue weighted by molar-refractivity contribution is 6.32. The third kappa shape index (κ3) is 3.57. The fourth-order valence-electron chi connectivity index (χ4n) is 2.50. The van der Waals surface area contributed by atoms with Gasteiger partial charge in [0.15, 0.2) is 5.69 Å². The molecule has 3 rings (SSSR count). The van der Waals surface area contributed by atoms with Crippen LogP contribution in [0, 0.1) is 17.1 Å². The van der Waals surface area contributed by atoms with Crippen molar-refractivity contribution in [1.82, 2.24) is 4.57 Å². The maximum atomic E-state index is 13.3. The number of carbonyl (C=O) groups is 1. The number of nitrogen functional groups attached to an aromatic ring is 1. The lowest BCUT2D eigenvalue weighted by Crippen LogP contribution is -2.11. The van der Waals surface area contributed by atoms with E-state index < -0.39 is 11.8 Å². The minimum Gasteiger partial charge on any atom is -0.464 e. The molecule has 2 aromatic carbocycles. The molecular weight excluding hydrogens is 373 g/mol. The van der Waals surface area contributed by atoms with E-state index in [0.717, 1.165) is 0 Å². The molecule has 0 aliphatic carbocycles. The number of methoxy groups -OCH3 is 1. The summed E-state index contributed by atoms with van der Waals surface area (Å²) in [5.74, 6) is -0.539. The van der Waals surface area contributed by atoms with Gasteiger partial charge in [0.1, 0.15) is 23.4 Å². The van der Waals surface area contributed by atoms with Crippen LogP contribution in [0.5, 0.6) is 11.5 Å². The summed E-state index contributed by atoms with van der Waals surface area (Å²) < 4.78 is 25.0. The number of esters is 1. The summed E-state index contributed by atoms with van der Waals surface area (Å²) in [4.78, 5) is 12.1. The van der Waals surface area contributed by atoms with Crippen LogP contribution >= 0.6 is 11.6 Å². The lowest BCUT2D eigenvalue weighted by Gasteiger charge is -2.12. The average molecular weight is 386 g/mol. The Hall–Kier alpha value is -3.50. The molecule has 27 heavy (non-hydrogen) atoms. The first-order valence-corrected chi connectivity index (χ1v) is 8.05.